The number of aliphatic hydroxyl groups excluding tert-OH is 1. The second kappa shape index (κ2) is 9.88. The van der Waals surface area contributed by atoms with Crippen LogP contribution in [0.2, 0.25) is 0 Å². The molecule has 5 rings (SSSR count). The van der Waals surface area contributed by atoms with Crippen LogP contribution in [0.5, 0.6) is 0 Å². The first-order valence-corrected chi connectivity index (χ1v) is 12.5. The Balaban J connectivity index is 1.47. The molecule has 2 atom stereocenters. The van der Waals surface area contributed by atoms with E-state index in [9.17, 15) is 5.11 Å². The number of hydrogen-bond acceptors (Lipinski definition) is 6. The number of methoxy groups -OCH3 is 1. The first kappa shape index (κ1) is 23.1. The van der Waals surface area contributed by atoms with Crippen molar-refractivity contribution in [2.24, 2.45) is 5.92 Å². The number of ether oxygens (including phenoxy) is 1. The van der Waals surface area contributed by atoms with Crippen molar-refractivity contribution in [1.29, 1.82) is 0 Å². The molecule has 3 aromatic heterocycles. The molecule has 2 fully saturated rings. The zero-order chi connectivity index (χ0) is 23.7. The number of anilines is 1. The lowest BCUT2D eigenvalue weighted by Gasteiger charge is -2.25. The van der Waals surface area contributed by atoms with Crippen LogP contribution in [0.3, 0.4) is 0 Å². The summed E-state index contributed by atoms with van der Waals surface area (Å²) < 4.78 is 9.37. The van der Waals surface area contributed by atoms with Crippen LogP contribution >= 0.6 is 0 Å². The summed E-state index contributed by atoms with van der Waals surface area (Å²) in [4.78, 5) is 4.61. The van der Waals surface area contributed by atoms with Crippen LogP contribution in [0.1, 0.15) is 63.5 Å². The Labute approximate surface area is 201 Å². The summed E-state index contributed by atoms with van der Waals surface area (Å²) in [6, 6.07) is 2.36. The number of fused-ring (bicyclic) bond motifs is 1. The van der Waals surface area contributed by atoms with Crippen LogP contribution in [0.25, 0.3) is 16.6 Å². The SMILES string of the molecule is C=C1CC[C@@H](Cn2cc(-c3cc(C4CCC(O)CC4)n4nc(N[C@@H](C)COC)ncc34)cn2)C1. The lowest BCUT2D eigenvalue weighted by molar-refractivity contribution is 0.121. The highest BCUT2D eigenvalue weighted by Gasteiger charge is 2.26. The van der Waals surface area contributed by atoms with E-state index in [0.717, 1.165) is 61.7 Å². The Kier molecular flexibility index (Phi) is 6.70. The maximum Gasteiger partial charge on any atom is 0.241 e. The van der Waals surface area contributed by atoms with Gasteiger partial charge in [0, 0.05) is 48.6 Å². The zero-order valence-electron chi connectivity index (χ0n) is 20.3. The average Bonchev–Trinajstić information content (AvgIpc) is 3.53. The highest BCUT2D eigenvalue weighted by Crippen LogP contribution is 2.38. The normalized spacial score (nSPS) is 24.1. The van der Waals surface area contributed by atoms with E-state index in [-0.39, 0.29) is 12.1 Å². The predicted octanol–water partition coefficient (Wildman–Crippen LogP) is 4.41. The number of allylic oxidation sites excluding steroid dienone is 1. The second-order valence-corrected chi connectivity index (χ2v) is 10.2. The molecular formula is C26H36N6O2. The fourth-order valence-electron chi connectivity index (χ4n) is 5.53. The molecule has 2 aliphatic carbocycles. The molecule has 0 aromatic carbocycles. The van der Waals surface area contributed by atoms with Gasteiger partial charge in [-0.15, -0.1) is 5.10 Å². The van der Waals surface area contributed by atoms with E-state index in [0.29, 0.717) is 24.4 Å². The van der Waals surface area contributed by atoms with Gasteiger partial charge >= 0.3 is 0 Å². The minimum Gasteiger partial charge on any atom is -0.393 e. The van der Waals surface area contributed by atoms with Gasteiger partial charge < -0.3 is 15.2 Å². The molecule has 0 amide bonds. The third-order valence-electron chi connectivity index (χ3n) is 7.32. The topological polar surface area (TPSA) is 89.5 Å². The highest BCUT2D eigenvalue weighted by atomic mass is 16.5. The van der Waals surface area contributed by atoms with Gasteiger partial charge in [0.1, 0.15) is 0 Å². The summed E-state index contributed by atoms with van der Waals surface area (Å²) in [5.41, 5.74) is 5.73. The summed E-state index contributed by atoms with van der Waals surface area (Å²) in [7, 11) is 1.69. The lowest BCUT2D eigenvalue weighted by Crippen LogP contribution is -2.23. The first-order chi connectivity index (χ1) is 16.5. The molecule has 3 aromatic rings. The molecule has 8 heteroatoms. The van der Waals surface area contributed by atoms with Gasteiger partial charge in [-0.1, -0.05) is 12.2 Å². The predicted molar refractivity (Wildman–Crippen MR) is 133 cm³/mol. The molecule has 182 valence electrons. The van der Waals surface area contributed by atoms with Crippen LogP contribution < -0.4 is 5.32 Å². The van der Waals surface area contributed by atoms with E-state index in [1.165, 1.54) is 17.7 Å². The Morgan fingerprint density at radius 2 is 2.06 bits per heavy atom. The van der Waals surface area contributed by atoms with Crippen molar-refractivity contribution in [3.63, 3.8) is 0 Å². The summed E-state index contributed by atoms with van der Waals surface area (Å²) in [6.07, 6.45) is 12.9. The molecule has 0 unspecified atom stereocenters. The highest BCUT2D eigenvalue weighted by molar-refractivity contribution is 5.81. The minimum absolute atomic E-state index is 0.107. The van der Waals surface area contributed by atoms with E-state index in [2.05, 4.69) is 45.8 Å². The summed E-state index contributed by atoms with van der Waals surface area (Å²) in [5.74, 6) is 1.58. The average molecular weight is 465 g/mol. The van der Waals surface area contributed by atoms with Gasteiger partial charge in [0.2, 0.25) is 5.95 Å². The minimum atomic E-state index is -0.186. The molecule has 0 saturated heterocycles. The van der Waals surface area contributed by atoms with Crippen LogP contribution in [-0.4, -0.2) is 55.3 Å². The van der Waals surface area contributed by atoms with Crippen molar-refractivity contribution in [1.82, 2.24) is 24.4 Å². The van der Waals surface area contributed by atoms with E-state index >= 15 is 0 Å². The smallest absolute Gasteiger partial charge is 0.241 e. The Morgan fingerprint density at radius 1 is 1.24 bits per heavy atom. The van der Waals surface area contributed by atoms with E-state index < -0.39 is 0 Å². The first-order valence-electron chi connectivity index (χ1n) is 12.5. The number of nitrogens with zero attached hydrogens (tertiary/aromatic N) is 5. The number of aliphatic hydroxyl groups is 1. The molecule has 2 N–H and O–H groups in total. The van der Waals surface area contributed by atoms with E-state index in [4.69, 9.17) is 9.84 Å². The Hall–Kier alpha value is -2.71. The standard InChI is InChI=1S/C26H36N6O2/c1-17-4-5-19(10-17)14-31-15-21(12-28-31)23-11-24(20-6-8-22(33)9-7-20)32-25(23)13-27-26(30-32)29-18(2)16-34-3/h11-13,15,18-20,22,33H,1,4-10,14,16H2,2-3H3,(H,29,30)/t18-,19+,20?,22?/m0/s1. The zero-order valence-corrected chi connectivity index (χ0v) is 20.3. The molecule has 2 saturated carbocycles. The summed E-state index contributed by atoms with van der Waals surface area (Å²) in [6.45, 7) is 7.71. The van der Waals surface area contributed by atoms with Gasteiger partial charge in [-0.25, -0.2) is 9.50 Å². The van der Waals surface area contributed by atoms with Gasteiger partial charge in [-0.2, -0.15) is 5.10 Å². The largest absolute Gasteiger partial charge is 0.393 e. The fraction of sp³-hybridized carbons (Fsp3) is 0.577. The van der Waals surface area contributed by atoms with Crippen molar-refractivity contribution in [2.45, 2.75) is 76.5 Å². The molecule has 34 heavy (non-hydrogen) atoms. The Morgan fingerprint density at radius 3 is 2.79 bits per heavy atom. The van der Waals surface area contributed by atoms with Gasteiger partial charge in [-0.05, 0) is 63.9 Å². The molecule has 0 radical (unpaired) electrons. The maximum atomic E-state index is 10.0. The quantitative estimate of drug-likeness (QED) is 0.480. The molecule has 0 bridgehead atoms. The van der Waals surface area contributed by atoms with Gasteiger partial charge in [0.15, 0.2) is 0 Å². The number of hydrogen-bond donors (Lipinski definition) is 2. The van der Waals surface area contributed by atoms with Crippen molar-refractivity contribution < 1.29 is 9.84 Å². The second-order valence-electron chi connectivity index (χ2n) is 10.2. The molecular weight excluding hydrogens is 428 g/mol. The van der Waals surface area contributed by atoms with Gasteiger partial charge in [0.25, 0.3) is 0 Å². The van der Waals surface area contributed by atoms with Crippen LogP contribution in [0.15, 0.2) is 36.8 Å². The van der Waals surface area contributed by atoms with Gasteiger partial charge in [0.05, 0.1) is 30.6 Å². The summed E-state index contributed by atoms with van der Waals surface area (Å²) >= 11 is 0. The van der Waals surface area contributed by atoms with E-state index in [1.807, 2.05) is 16.9 Å². The molecule has 8 nitrogen and oxygen atoms in total. The third-order valence-corrected chi connectivity index (χ3v) is 7.32. The number of nitrogens with one attached hydrogen (secondary N) is 1. The lowest BCUT2D eigenvalue weighted by atomic mass is 9.85. The van der Waals surface area contributed by atoms with Crippen molar-refractivity contribution in [3.05, 3.63) is 42.5 Å². The number of aromatic nitrogens is 5. The fourth-order valence-corrected chi connectivity index (χ4v) is 5.53. The molecule has 0 spiro atoms. The van der Waals surface area contributed by atoms with E-state index in [1.54, 1.807) is 7.11 Å². The molecule has 2 aliphatic rings. The van der Waals surface area contributed by atoms with Crippen LogP contribution in [0.4, 0.5) is 5.95 Å². The number of rotatable bonds is 8. The monoisotopic (exact) mass is 464 g/mol. The van der Waals surface area contributed by atoms with Crippen LogP contribution in [0, 0.1) is 5.92 Å². The van der Waals surface area contributed by atoms with Crippen LogP contribution in [-0.2, 0) is 11.3 Å². The van der Waals surface area contributed by atoms with Crippen molar-refractivity contribution in [3.8, 4) is 11.1 Å². The van der Waals surface area contributed by atoms with Crippen molar-refractivity contribution >= 4 is 11.5 Å². The summed E-state index contributed by atoms with van der Waals surface area (Å²) in [5, 5.41) is 22.9. The molecule has 3 heterocycles. The third kappa shape index (κ3) is 4.88. The molecule has 0 aliphatic heterocycles. The van der Waals surface area contributed by atoms with Crippen molar-refractivity contribution in [2.75, 3.05) is 19.0 Å². The maximum absolute atomic E-state index is 10.0. The van der Waals surface area contributed by atoms with Gasteiger partial charge in [-0.3, -0.25) is 4.68 Å². The Bertz CT molecular complexity index is 1140.